The first-order chi connectivity index (χ1) is 23.9. The topological polar surface area (TPSA) is 236 Å². The van der Waals surface area contributed by atoms with E-state index in [9.17, 15) is 43.4 Å². The normalized spacial score (nSPS) is 13.9. The van der Waals surface area contributed by atoms with Crippen LogP contribution in [0.5, 0.6) is 0 Å². The lowest BCUT2D eigenvalue weighted by Gasteiger charge is -2.34. The largest absolute Gasteiger partial charge is 0.481 e. The van der Waals surface area contributed by atoms with Gasteiger partial charge in [0.15, 0.2) is 0 Å². The van der Waals surface area contributed by atoms with Crippen molar-refractivity contribution in [2.45, 2.75) is 44.2 Å². The van der Waals surface area contributed by atoms with Crippen LogP contribution >= 0.6 is 0 Å². The third kappa shape index (κ3) is 10.5. The summed E-state index contributed by atoms with van der Waals surface area (Å²) in [6, 6.07) is 8.70. The molecule has 0 radical (unpaired) electrons. The summed E-state index contributed by atoms with van der Waals surface area (Å²) in [5, 5.41) is 42.6. The summed E-state index contributed by atoms with van der Waals surface area (Å²) >= 11 is 0. The zero-order valence-corrected chi connectivity index (χ0v) is 26.8. The number of alkyl halides is 1. The van der Waals surface area contributed by atoms with E-state index in [-0.39, 0.29) is 24.8 Å². The molecule has 17 nitrogen and oxygen atoms in total. The monoisotopic (exact) mass is 696 g/mol. The molecule has 266 valence electrons. The standard InChI is InChI=1S/C32H37FN8O9/c33-13-1-2-23-19-41(38-37-23)24-9-5-21(6-10-24)28(44)39-14-16-40(17-15-39)32(50)34-22-7-3-20(4-8-22)18-26(30(47)48)36-31(49)35-25(29(45)46)11-12-27(42)43/h3-10,19,25-26H,1-2,11-18H2,(H,34,50)(H,42,43)(H,45,46)(H,47,48)(H2,35,36,49)/t25-,26-/m0/s1. The first-order valence-electron chi connectivity index (χ1n) is 15.7. The van der Waals surface area contributed by atoms with E-state index in [1.165, 1.54) is 0 Å². The molecule has 4 rings (SSSR count). The van der Waals surface area contributed by atoms with Gasteiger partial charge >= 0.3 is 30.0 Å². The van der Waals surface area contributed by atoms with E-state index in [0.717, 1.165) is 0 Å². The van der Waals surface area contributed by atoms with Gasteiger partial charge in [-0.05, 0) is 61.2 Å². The van der Waals surface area contributed by atoms with E-state index in [1.54, 1.807) is 69.2 Å². The van der Waals surface area contributed by atoms with Crippen LogP contribution in [-0.2, 0) is 27.2 Å². The number of nitrogens with one attached hydrogen (secondary N) is 3. The summed E-state index contributed by atoms with van der Waals surface area (Å²) in [7, 11) is 0. The molecule has 2 atom stereocenters. The summed E-state index contributed by atoms with van der Waals surface area (Å²) in [5.74, 6) is -4.27. The number of halogens is 1. The van der Waals surface area contributed by atoms with Crippen molar-refractivity contribution in [2.24, 2.45) is 0 Å². The lowest BCUT2D eigenvalue weighted by Crippen LogP contribution is -2.51. The minimum atomic E-state index is -1.52. The second kappa shape index (κ2) is 17.4. The molecule has 3 aromatic rings. The lowest BCUT2D eigenvalue weighted by atomic mass is 10.1. The SMILES string of the molecule is O=C(O)CC[C@H](NC(=O)N[C@@H](Cc1ccc(NC(=O)N2CCN(C(=O)c3ccc(-n4cc(CCCF)nn4)cc3)CC2)cc1)C(=O)O)C(=O)O. The van der Waals surface area contributed by atoms with E-state index >= 15 is 0 Å². The van der Waals surface area contributed by atoms with Crippen molar-refractivity contribution in [3.05, 3.63) is 71.5 Å². The van der Waals surface area contributed by atoms with Crippen molar-refractivity contribution in [3.63, 3.8) is 0 Å². The smallest absolute Gasteiger partial charge is 0.326 e. The highest BCUT2D eigenvalue weighted by Gasteiger charge is 2.27. The number of aliphatic carboxylic acids is 3. The number of amides is 5. The molecule has 6 N–H and O–H groups in total. The van der Waals surface area contributed by atoms with Gasteiger partial charge in [0.25, 0.3) is 5.91 Å². The molecule has 2 heterocycles. The molecule has 0 saturated carbocycles. The third-order valence-electron chi connectivity index (χ3n) is 7.84. The van der Waals surface area contributed by atoms with Gasteiger partial charge in [-0.2, -0.15) is 0 Å². The minimum absolute atomic E-state index is 0.161. The number of benzene rings is 2. The average Bonchev–Trinajstić information content (AvgIpc) is 3.58. The fraction of sp³-hybridized carbons (Fsp3) is 0.375. The van der Waals surface area contributed by atoms with Crippen LogP contribution in [-0.4, -0.2) is 121 Å². The fourth-order valence-corrected chi connectivity index (χ4v) is 5.08. The number of aromatic nitrogens is 3. The highest BCUT2D eigenvalue weighted by Crippen LogP contribution is 2.16. The number of anilines is 1. The number of aryl methyl sites for hydroxylation is 1. The average molecular weight is 697 g/mol. The molecule has 0 aliphatic carbocycles. The van der Waals surface area contributed by atoms with Crippen molar-refractivity contribution in [1.29, 1.82) is 0 Å². The van der Waals surface area contributed by atoms with Gasteiger partial charge in [-0.3, -0.25) is 14.0 Å². The number of carbonyl (C=O) groups excluding carboxylic acids is 3. The van der Waals surface area contributed by atoms with E-state index in [2.05, 4.69) is 26.3 Å². The van der Waals surface area contributed by atoms with Crippen molar-refractivity contribution in [2.75, 3.05) is 38.2 Å². The summed E-state index contributed by atoms with van der Waals surface area (Å²) in [6.07, 6.45) is 1.53. The number of urea groups is 2. The van der Waals surface area contributed by atoms with E-state index < -0.39 is 49.1 Å². The first-order valence-corrected chi connectivity index (χ1v) is 15.7. The second-order valence-electron chi connectivity index (χ2n) is 11.4. The summed E-state index contributed by atoms with van der Waals surface area (Å²) in [5.41, 5.74) is 2.79. The Morgan fingerprint density at radius 1 is 0.820 bits per heavy atom. The van der Waals surface area contributed by atoms with Crippen molar-refractivity contribution in [3.8, 4) is 5.69 Å². The predicted octanol–water partition coefficient (Wildman–Crippen LogP) is 1.77. The molecule has 18 heteroatoms. The second-order valence-corrected chi connectivity index (χ2v) is 11.4. The molecule has 1 aliphatic rings. The lowest BCUT2D eigenvalue weighted by molar-refractivity contribution is -0.140. The van der Waals surface area contributed by atoms with Gasteiger partial charge < -0.3 is 41.1 Å². The fourth-order valence-electron chi connectivity index (χ4n) is 5.08. The quantitative estimate of drug-likeness (QED) is 0.134. The molecule has 1 aromatic heterocycles. The maximum atomic E-state index is 13.1. The molecule has 2 aromatic carbocycles. The van der Waals surface area contributed by atoms with Crippen LogP contribution in [0.2, 0.25) is 0 Å². The minimum Gasteiger partial charge on any atom is -0.481 e. The number of rotatable bonds is 15. The molecule has 0 spiro atoms. The zero-order chi connectivity index (χ0) is 36.2. The van der Waals surface area contributed by atoms with Gasteiger partial charge in [0.05, 0.1) is 24.3 Å². The van der Waals surface area contributed by atoms with Crippen LogP contribution in [0.4, 0.5) is 19.7 Å². The molecule has 5 amide bonds. The van der Waals surface area contributed by atoms with Gasteiger partial charge in [-0.25, -0.2) is 23.9 Å². The number of hydrogen-bond acceptors (Lipinski definition) is 8. The van der Waals surface area contributed by atoms with Crippen molar-refractivity contribution in [1.82, 2.24) is 35.4 Å². The van der Waals surface area contributed by atoms with Crippen molar-refractivity contribution >= 4 is 41.6 Å². The number of hydrogen-bond donors (Lipinski definition) is 6. The van der Waals surface area contributed by atoms with E-state index in [1.807, 2.05) is 0 Å². The summed E-state index contributed by atoms with van der Waals surface area (Å²) < 4.78 is 14.0. The van der Waals surface area contributed by atoms with E-state index in [0.29, 0.717) is 67.2 Å². The third-order valence-corrected chi connectivity index (χ3v) is 7.84. The molecule has 0 bridgehead atoms. The van der Waals surface area contributed by atoms with Gasteiger partial charge in [0, 0.05) is 50.3 Å². The van der Waals surface area contributed by atoms with Crippen LogP contribution in [0.15, 0.2) is 54.7 Å². The zero-order valence-electron chi connectivity index (χ0n) is 26.8. The molecule has 0 unspecified atom stereocenters. The number of nitrogens with zero attached hydrogens (tertiary/aromatic N) is 5. The highest BCUT2D eigenvalue weighted by molar-refractivity contribution is 5.95. The maximum absolute atomic E-state index is 13.1. The number of piperazine rings is 1. The van der Waals surface area contributed by atoms with Crippen LogP contribution in [0.25, 0.3) is 5.69 Å². The summed E-state index contributed by atoms with van der Waals surface area (Å²) in [6.45, 7) is 0.792. The molecule has 50 heavy (non-hydrogen) atoms. The Kier molecular flexibility index (Phi) is 12.8. The van der Waals surface area contributed by atoms with Crippen LogP contribution < -0.4 is 16.0 Å². The van der Waals surface area contributed by atoms with Crippen LogP contribution in [0.3, 0.4) is 0 Å². The Morgan fingerprint density at radius 3 is 2.04 bits per heavy atom. The van der Waals surface area contributed by atoms with Gasteiger partial charge in [0.1, 0.15) is 12.1 Å². The number of carbonyl (C=O) groups is 6. The predicted molar refractivity (Wildman–Crippen MR) is 174 cm³/mol. The van der Waals surface area contributed by atoms with E-state index in [4.69, 9.17) is 5.11 Å². The van der Waals surface area contributed by atoms with Gasteiger partial charge in [-0.1, -0.05) is 17.3 Å². The Labute approximate surface area is 285 Å². The number of carboxylic acids is 3. The molecule has 1 saturated heterocycles. The Balaban J connectivity index is 1.24. The highest BCUT2D eigenvalue weighted by atomic mass is 19.1. The molecular weight excluding hydrogens is 659 g/mol. The first kappa shape index (κ1) is 36.8. The number of carboxylic acid groups (broad SMARTS) is 3. The van der Waals surface area contributed by atoms with Crippen LogP contribution in [0, 0.1) is 0 Å². The molecule has 1 fully saturated rings. The van der Waals surface area contributed by atoms with Crippen LogP contribution in [0.1, 0.15) is 40.9 Å². The Hall–Kier alpha value is -6.07. The Morgan fingerprint density at radius 2 is 1.44 bits per heavy atom. The Bertz CT molecular complexity index is 1680. The van der Waals surface area contributed by atoms with Gasteiger partial charge in [-0.15, -0.1) is 5.10 Å². The molecule has 1 aliphatic heterocycles. The van der Waals surface area contributed by atoms with Gasteiger partial charge in [0.2, 0.25) is 0 Å². The molecular formula is C32H37FN8O9. The summed E-state index contributed by atoms with van der Waals surface area (Å²) in [4.78, 5) is 75.3. The van der Waals surface area contributed by atoms with Crippen molar-refractivity contribution < 1.29 is 48.5 Å². The maximum Gasteiger partial charge on any atom is 0.326 e.